The molecule has 0 N–H and O–H groups in total. The summed E-state index contributed by atoms with van der Waals surface area (Å²) in [4.78, 5) is 6.27. The molecule has 0 bridgehead atoms. The Kier molecular flexibility index (Phi) is 8.65. The highest BCUT2D eigenvalue weighted by molar-refractivity contribution is 8.00. The summed E-state index contributed by atoms with van der Waals surface area (Å²) in [6.45, 7) is 16.7. The number of thioether (sulfide) groups is 1. The van der Waals surface area contributed by atoms with Gasteiger partial charge in [-0.25, -0.2) is 4.99 Å². The van der Waals surface area contributed by atoms with E-state index in [1.807, 2.05) is 6.07 Å². The molecular weight excluding hydrogens is 430 g/mol. The zero-order chi connectivity index (χ0) is 23.3. The Bertz CT molecular complexity index is 859. The molecule has 32 heavy (non-hydrogen) atoms. The molecule has 1 aliphatic rings. The van der Waals surface area contributed by atoms with Gasteiger partial charge in [0.1, 0.15) is 12.1 Å². The molecule has 0 saturated heterocycles. The number of hydrogen-bond acceptors (Lipinski definition) is 4. The van der Waals surface area contributed by atoms with E-state index in [1.54, 1.807) is 11.8 Å². The van der Waals surface area contributed by atoms with Gasteiger partial charge in [-0.2, -0.15) is 0 Å². The summed E-state index contributed by atoms with van der Waals surface area (Å²) in [5.41, 5.74) is 4.12. The van der Waals surface area contributed by atoms with Crippen LogP contribution in [0.15, 0.2) is 64.5 Å². The molecule has 1 aliphatic heterocycles. The van der Waals surface area contributed by atoms with Gasteiger partial charge < -0.3 is 9.16 Å². The molecule has 1 heterocycles. The maximum Gasteiger partial charge on any atom is 0.200 e. The highest BCUT2D eigenvalue weighted by Crippen LogP contribution is 2.43. The second-order valence-electron chi connectivity index (χ2n) is 9.77. The summed E-state index contributed by atoms with van der Waals surface area (Å²) in [5.74, 6) is 1.56. The van der Waals surface area contributed by atoms with Crippen LogP contribution in [0.25, 0.3) is 0 Å². The molecule has 3 rings (SSSR count). The van der Waals surface area contributed by atoms with E-state index in [-0.39, 0.29) is 12.1 Å². The molecule has 0 unspecified atom stereocenters. The van der Waals surface area contributed by atoms with E-state index in [4.69, 9.17) is 14.2 Å². The zero-order valence-electron chi connectivity index (χ0n) is 20.7. The number of rotatable bonds is 10. The molecule has 0 amide bonds. The van der Waals surface area contributed by atoms with Gasteiger partial charge in [-0.05, 0) is 41.2 Å². The van der Waals surface area contributed by atoms with Gasteiger partial charge in [0, 0.05) is 4.90 Å². The first-order valence-electron chi connectivity index (χ1n) is 11.9. The van der Waals surface area contributed by atoms with Crippen molar-refractivity contribution in [2.24, 2.45) is 4.99 Å². The van der Waals surface area contributed by atoms with Crippen LogP contribution in [0.4, 0.5) is 0 Å². The van der Waals surface area contributed by atoms with Gasteiger partial charge in [-0.1, -0.05) is 89.6 Å². The van der Waals surface area contributed by atoms with Crippen LogP contribution < -0.4 is 0 Å². The van der Waals surface area contributed by atoms with Crippen LogP contribution in [0, 0.1) is 6.92 Å². The van der Waals surface area contributed by atoms with Crippen molar-refractivity contribution in [3.63, 3.8) is 0 Å². The van der Waals surface area contributed by atoms with Gasteiger partial charge in [-0.3, -0.25) is 0 Å². The first-order chi connectivity index (χ1) is 15.2. The Morgan fingerprint density at radius 2 is 1.50 bits per heavy atom. The van der Waals surface area contributed by atoms with Gasteiger partial charge in [0.25, 0.3) is 0 Å². The fourth-order valence-corrected chi connectivity index (χ4v) is 11.4. The van der Waals surface area contributed by atoms with E-state index in [1.165, 1.54) is 16.0 Å². The van der Waals surface area contributed by atoms with Gasteiger partial charge in [0.2, 0.25) is 0 Å². The van der Waals surface area contributed by atoms with Crippen molar-refractivity contribution >= 4 is 26.0 Å². The van der Waals surface area contributed by atoms with Crippen molar-refractivity contribution in [2.45, 2.75) is 82.1 Å². The maximum atomic E-state index is 6.92. The summed E-state index contributed by atoms with van der Waals surface area (Å²) < 4.78 is 13.3. The number of hydrogen-bond donors (Lipinski definition) is 0. The molecule has 0 fully saturated rings. The first-order valence-corrected chi connectivity index (χ1v) is 15.0. The SMILES string of the molecule is Cc1ccc(SCC2=N[C@@H](CO[Si](C(C)C)(C(C)C)C(C)C)[C@H](c3ccccc3)O2)cc1. The normalized spacial score (nSPS) is 19.0. The Labute approximate surface area is 200 Å². The number of benzene rings is 2. The largest absolute Gasteiger partial charge is 0.470 e. The average molecular weight is 470 g/mol. The lowest BCUT2D eigenvalue weighted by molar-refractivity contribution is 0.151. The number of ether oxygens (including phenoxy) is 1. The highest BCUT2D eigenvalue weighted by atomic mass is 32.2. The zero-order valence-corrected chi connectivity index (χ0v) is 22.5. The number of aliphatic imine (C=N–C) groups is 1. The summed E-state index contributed by atoms with van der Waals surface area (Å²) in [6.07, 6.45) is -0.0806. The van der Waals surface area contributed by atoms with Crippen molar-refractivity contribution < 1.29 is 9.16 Å². The summed E-state index contributed by atoms with van der Waals surface area (Å²) >= 11 is 1.78. The minimum absolute atomic E-state index is 0.00542. The lowest BCUT2D eigenvalue weighted by Crippen LogP contribution is -2.49. The fraction of sp³-hybridized carbons (Fsp3) is 0.519. The standard InChI is InChI=1S/C27H39NO2SSi/c1-19(2)32(20(3)4,21(5)6)29-17-25-27(23-11-9-8-10-12-23)30-26(28-25)18-31-24-15-13-22(7)14-16-24/h8-16,19-21,25,27H,17-18H2,1-7H3/t25-,27-/m0/s1. The lowest BCUT2D eigenvalue weighted by Gasteiger charge is -2.42. The second-order valence-corrected chi connectivity index (χ2v) is 16.3. The quantitative estimate of drug-likeness (QED) is 0.262. The van der Waals surface area contributed by atoms with Crippen LogP contribution in [-0.4, -0.2) is 32.6 Å². The third-order valence-electron chi connectivity index (χ3n) is 6.64. The Morgan fingerprint density at radius 1 is 0.906 bits per heavy atom. The predicted octanol–water partition coefficient (Wildman–Crippen LogP) is 7.82. The van der Waals surface area contributed by atoms with Crippen molar-refractivity contribution in [3.8, 4) is 0 Å². The number of nitrogens with zero attached hydrogens (tertiary/aromatic N) is 1. The number of aryl methyl sites for hydroxylation is 1. The topological polar surface area (TPSA) is 30.8 Å². The van der Waals surface area contributed by atoms with Crippen LogP contribution in [-0.2, 0) is 9.16 Å². The molecule has 0 aromatic heterocycles. The molecule has 3 nitrogen and oxygen atoms in total. The predicted molar refractivity (Wildman–Crippen MR) is 140 cm³/mol. The Balaban J connectivity index is 1.78. The van der Waals surface area contributed by atoms with Crippen molar-refractivity contribution in [1.82, 2.24) is 0 Å². The monoisotopic (exact) mass is 469 g/mol. The van der Waals surface area contributed by atoms with Crippen molar-refractivity contribution in [1.29, 1.82) is 0 Å². The molecule has 2 aromatic rings. The van der Waals surface area contributed by atoms with Crippen LogP contribution in [0.5, 0.6) is 0 Å². The van der Waals surface area contributed by atoms with E-state index < -0.39 is 8.32 Å². The molecule has 0 spiro atoms. The van der Waals surface area contributed by atoms with E-state index in [2.05, 4.69) is 97.0 Å². The van der Waals surface area contributed by atoms with Gasteiger partial charge >= 0.3 is 0 Å². The molecule has 2 atom stereocenters. The maximum absolute atomic E-state index is 6.92. The fourth-order valence-electron chi connectivity index (χ4n) is 5.15. The van der Waals surface area contributed by atoms with Gasteiger partial charge in [-0.15, -0.1) is 11.8 Å². The molecule has 0 saturated carbocycles. The smallest absolute Gasteiger partial charge is 0.200 e. The molecule has 174 valence electrons. The molecular formula is C27H39NO2SSi. The van der Waals surface area contributed by atoms with E-state index in [0.29, 0.717) is 23.2 Å². The van der Waals surface area contributed by atoms with E-state index in [0.717, 1.165) is 11.7 Å². The molecule has 0 aliphatic carbocycles. The van der Waals surface area contributed by atoms with Gasteiger partial charge in [0.05, 0.1) is 12.4 Å². The highest BCUT2D eigenvalue weighted by Gasteiger charge is 2.46. The van der Waals surface area contributed by atoms with Crippen molar-refractivity contribution in [3.05, 3.63) is 65.7 Å². The third kappa shape index (κ3) is 5.67. The minimum Gasteiger partial charge on any atom is -0.470 e. The van der Waals surface area contributed by atoms with Gasteiger partial charge in [0.15, 0.2) is 14.2 Å². The average Bonchev–Trinajstić information content (AvgIpc) is 3.17. The van der Waals surface area contributed by atoms with Crippen LogP contribution in [0.2, 0.25) is 16.6 Å². The van der Waals surface area contributed by atoms with Crippen LogP contribution >= 0.6 is 11.8 Å². The first kappa shape index (κ1) is 25.1. The van der Waals surface area contributed by atoms with Crippen molar-refractivity contribution in [2.75, 3.05) is 12.4 Å². The summed E-state index contributed by atoms with van der Waals surface area (Å²) in [6, 6.07) is 19.1. The Morgan fingerprint density at radius 3 is 2.06 bits per heavy atom. The van der Waals surface area contributed by atoms with Crippen LogP contribution in [0.3, 0.4) is 0 Å². The molecule has 2 aromatic carbocycles. The molecule has 0 radical (unpaired) electrons. The third-order valence-corrected chi connectivity index (χ3v) is 13.7. The van der Waals surface area contributed by atoms with E-state index >= 15 is 0 Å². The van der Waals surface area contributed by atoms with Crippen LogP contribution in [0.1, 0.15) is 58.8 Å². The molecule has 5 heteroatoms. The van der Waals surface area contributed by atoms with E-state index in [9.17, 15) is 0 Å². The summed E-state index contributed by atoms with van der Waals surface area (Å²) in [5, 5.41) is 0. The summed E-state index contributed by atoms with van der Waals surface area (Å²) in [7, 11) is -1.95. The minimum atomic E-state index is -1.95. The Hall–Kier alpha value is -1.56. The second kappa shape index (κ2) is 11.0. The lowest BCUT2D eigenvalue weighted by atomic mass is 10.0.